The van der Waals surface area contributed by atoms with E-state index in [1.165, 1.54) is 5.56 Å². The van der Waals surface area contributed by atoms with Crippen LogP contribution in [0.5, 0.6) is 0 Å². The number of hydrogen-bond donors (Lipinski definition) is 1. The Morgan fingerprint density at radius 2 is 2.33 bits per heavy atom. The van der Waals surface area contributed by atoms with Crippen LogP contribution in [0.3, 0.4) is 0 Å². The van der Waals surface area contributed by atoms with E-state index in [9.17, 15) is 0 Å². The lowest BCUT2D eigenvalue weighted by molar-refractivity contribution is 0.616. The molecular formula is C10H11ClN4. The minimum absolute atomic E-state index is 0.378. The normalized spacial score (nSPS) is 10.5. The number of halogens is 1. The maximum Gasteiger partial charge on any atom is 0.164 e. The lowest BCUT2D eigenvalue weighted by Crippen LogP contribution is -2.02. The highest BCUT2D eigenvalue weighted by atomic mass is 35.5. The molecule has 0 unspecified atom stereocenters. The number of aromatic nitrogens is 3. The molecule has 15 heavy (non-hydrogen) atoms. The van der Waals surface area contributed by atoms with Crippen molar-refractivity contribution in [2.45, 2.75) is 13.0 Å². The Kier molecular flexibility index (Phi) is 2.87. The Balaban J connectivity index is 1.99. The van der Waals surface area contributed by atoms with Crippen LogP contribution in [-0.4, -0.2) is 14.8 Å². The van der Waals surface area contributed by atoms with Gasteiger partial charge in [-0.05, 0) is 18.1 Å². The van der Waals surface area contributed by atoms with Crippen molar-refractivity contribution in [1.82, 2.24) is 14.8 Å². The van der Waals surface area contributed by atoms with Gasteiger partial charge in [0, 0.05) is 25.1 Å². The van der Waals surface area contributed by atoms with Crippen molar-refractivity contribution >= 4 is 17.4 Å². The summed E-state index contributed by atoms with van der Waals surface area (Å²) in [5, 5.41) is 4.57. The second-order valence-corrected chi connectivity index (χ2v) is 3.64. The van der Waals surface area contributed by atoms with Gasteiger partial charge in [0.25, 0.3) is 0 Å². The number of rotatable bonds is 3. The molecule has 2 aromatic heterocycles. The van der Waals surface area contributed by atoms with Gasteiger partial charge in [-0.15, -0.1) is 0 Å². The van der Waals surface area contributed by atoms with E-state index >= 15 is 0 Å². The lowest BCUT2D eigenvalue weighted by Gasteiger charge is -2.00. The third-order valence-corrected chi connectivity index (χ3v) is 2.39. The molecule has 0 fully saturated rings. The summed E-state index contributed by atoms with van der Waals surface area (Å²) in [7, 11) is 0. The minimum Gasteiger partial charge on any atom is -0.381 e. The van der Waals surface area contributed by atoms with Crippen LogP contribution in [0.15, 0.2) is 30.7 Å². The van der Waals surface area contributed by atoms with Crippen LogP contribution in [0.2, 0.25) is 5.02 Å². The van der Waals surface area contributed by atoms with Crippen LogP contribution in [0.4, 0.5) is 5.82 Å². The minimum atomic E-state index is 0.378. The van der Waals surface area contributed by atoms with Crippen molar-refractivity contribution in [3.63, 3.8) is 0 Å². The molecule has 2 N–H and O–H groups in total. The average Bonchev–Trinajstić information content (AvgIpc) is 2.57. The van der Waals surface area contributed by atoms with Crippen molar-refractivity contribution in [3.05, 3.63) is 41.3 Å². The van der Waals surface area contributed by atoms with Gasteiger partial charge in [0.05, 0.1) is 0 Å². The van der Waals surface area contributed by atoms with Gasteiger partial charge in [0.1, 0.15) is 5.02 Å². The SMILES string of the molecule is Nc1nn(CCc2cccnc2)cc1Cl. The molecule has 0 aliphatic heterocycles. The van der Waals surface area contributed by atoms with E-state index in [1.54, 1.807) is 17.1 Å². The fourth-order valence-corrected chi connectivity index (χ4v) is 1.47. The van der Waals surface area contributed by atoms with Gasteiger partial charge in [-0.1, -0.05) is 17.7 Å². The number of pyridine rings is 1. The zero-order valence-corrected chi connectivity index (χ0v) is 8.85. The van der Waals surface area contributed by atoms with Crippen LogP contribution >= 0.6 is 11.6 Å². The van der Waals surface area contributed by atoms with E-state index in [0.717, 1.165) is 13.0 Å². The predicted octanol–water partition coefficient (Wildman–Crippen LogP) is 1.76. The molecule has 2 rings (SSSR count). The molecule has 0 amide bonds. The molecule has 78 valence electrons. The van der Waals surface area contributed by atoms with Crippen LogP contribution in [0, 0.1) is 0 Å². The van der Waals surface area contributed by atoms with Gasteiger partial charge < -0.3 is 5.73 Å². The number of hydrogen-bond acceptors (Lipinski definition) is 3. The number of nitrogen functional groups attached to an aromatic ring is 1. The van der Waals surface area contributed by atoms with Gasteiger partial charge in [0.2, 0.25) is 0 Å². The first-order valence-electron chi connectivity index (χ1n) is 4.63. The predicted molar refractivity (Wildman–Crippen MR) is 59.6 cm³/mol. The van der Waals surface area contributed by atoms with E-state index in [-0.39, 0.29) is 0 Å². The highest BCUT2D eigenvalue weighted by Gasteiger charge is 2.02. The summed E-state index contributed by atoms with van der Waals surface area (Å²) in [4.78, 5) is 4.04. The number of aryl methyl sites for hydroxylation is 2. The highest BCUT2D eigenvalue weighted by molar-refractivity contribution is 6.32. The molecule has 0 saturated heterocycles. The Bertz CT molecular complexity index is 418. The lowest BCUT2D eigenvalue weighted by atomic mass is 10.2. The zero-order valence-electron chi connectivity index (χ0n) is 8.10. The molecule has 0 saturated carbocycles. The van der Waals surface area contributed by atoms with Crippen LogP contribution in [0.25, 0.3) is 0 Å². The number of nitrogens with zero attached hydrogens (tertiary/aromatic N) is 3. The summed E-state index contributed by atoms with van der Waals surface area (Å²) in [6, 6.07) is 3.95. The van der Waals surface area contributed by atoms with Gasteiger partial charge in [-0.3, -0.25) is 9.67 Å². The molecule has 4 nitrogen and oxygen atoms in total. The maximum absolute atomic E-state index is 5.79. The first-order chi connectivity index (χ1) is 7.25. The average molecular weight is 223 g/mol. The topological polar surface area (TPSA) is 56.7 Å². The second-order valence-electron chi connectivity index (χ2n) is 3.24. The van der Waals surface area contributed by atoms with Crippen LogP contribution in [-0.2, 0) is 13.0 Å². The molecule has 0 aliphatic rings. The molecule has 0 bridgehead atoms. The van der Waals surface area contributed by atoms with Crippen LogP contribution in [0.1, 0.15) is 5.56 Å². The third-order valence-electron chi connectivity index (χ3n) is 2.10. The van der Waals surface area contributed by atoms with Crippen molar-refractivity contribution in [1.29, 1.82) is 0 Å². The number of nitrogens with two attached hydrogens (primary N) is 1. The van der Waals surface area contributed by atoms with E-state index in [1.807, 2.05) is 18.3 Å². The zero-order chi connectivity index (χ0) is 10.7. The molecule has 0 aliphatic carbocycles. The molecule has 2 heterocycles. The maximum atomic E-state index is 5.79. The van der Waals surface area contributed by atoms with Gasteiger partial charge in [0.15, 0.2) is 5.82 Å². The summed E-state index contributed by atoms with van der Waals surface area (Å²) in [5.74, 6) is 0.378. The third kappa shape index (κ3) is 2.47. The summed E-state index contributed by atoms with van der Waals surface area (Å²) in [6.07, 6.45) is 6.19. The van der Waals surface area contributed by atoms with E-state index in [4.69, 9.17) is 17.3 Å². The van der Waals surface area contributed by atoms with Gasteiger partial charge >= 0.3 is 0 Å². The van der Waals surface area contributed by atoms with Crippen molar-refractivity contribution < 1.29 is 0 Å². The van der Waals surface area contributed by atoms with Gasteiger partial charge in [-0.2, -0.15) is 5.10 Å². The van der Waals surface area contributed by atoms with Crippen molar-refractivity contribution in [3.8, 4) is 0 Å². The summed E-state index contributed by atoms with van der Waals surface area (Å²) >= 11 is 5.79. The molecular weight excluding hydrogens is 212 g/mol. The molecule has 0 radical (unpaired) electrons. The first kappa shape index (κ1) is 9.98. The first-order valence-corrected chi connectivity index (χ1v) is 5.01. The fraction of sp³-hybridized carbons (Fsp3) is 0.200. The molecule has 0 atom stereocenters. The molecule has 0 aromatic carbocycles. The quantitative estimate of drug-likeness (QED) is 0.861. The molecule has 2 aromatic rings. The van der Waals surface area contributed by atoms with E-state index in [0.29, 0.717) is 10.8 Å². The number of anilines is 1. The Morgan fingerprint density at radius 1 is 1.47 bits per heavy atom. The van der Waals surface area contributed by atoms with Gasteiger partial charge in [-0.25, -0.2) is 0 Å². The van der Waals surface area contributed by atoms with Crippen molar-refractivity contribution in [2.75, 3.05) is 5.73 Å². The monoisotopic (exact) mass is 222 g/mol. The Morgan fingerprint density at radius 3 is 2.93 bits per heavy atom. The van der Waals surface area contributed by atoms with Crippen LogP contribution < -0.4 is 5.73 Å². The highest BCUT2D eigenvalue weighted by Crippen LogP contribution is 2.15. The molecule has 5 heteroatoms. The van der Waals surface area contributed by atoms with E-state index < -0.39 is 0 Å². The molecule has 0 spiro atoms. The smallest absolute Gasteiger partial charge is 0.164 e. The fourth-order valence-electron chi connectivity index (χ4n) is 1.32. The standard InChI is InChI=1S/C10H11ClN4/c11-9-7-15(14-10(9)12)5-3-8-2-1-4-13-6-8/h1-2,4,6-7H,3,5H2,(H2,12,14). The van der Waals surface area contributed by atoms with E-state index in [2.05, 4.69) is 10.1 Å². The Hall–Kier alpha value is -1.55. The summed E-state index contributed by atoms with van der Waals surface area (Å²) < 4.78 is 1.74. The second kappa shape index (κ2) is 4.31. The summed E-state index contributed by atoms with van der Waals surface area (Å²) in [5.41, 5.74) is 6.70. The van der Waals surface area contributed by atoms with Crippen molar-refractivity contribution in [2.24, 2.45) is 0 Å². The largest absolute Gasteiger partial charge is 0.381 e. The summed E-state index contributed by atoms with van der Waals surface area (Å²) in [6.45, 7) is 0.753. The Labute approximate surface area is 92.7 Å².